The molecule has 340 valence electrons. The summed E-state index contributed by atoms with van der Waals surface area (Å²) >= 11 is 0. The van der Waals surface area contributed by atoms with Gasteiger partial charge in [0.05, 0.1) is 52.4 Å². The van der Waals surface area contributed by atoms with Crippen molar-refractivity contribution in [3.05, 3.63) is 178 Å². The van der Waals surface area contributed by atoms with E-state index in [0.29, 0.717) is 47.2 Å². The average molecular weight is 887 g/mol. The molecule has 0 aliphatic rings. The summed E-state index contributed by atoms with van der Waals surface area (Å²) in [4.78, 5) is 24.2. The predicted octanol–water partition coefficient (Wildman–Crippen LogP) is 10.5. The van der Waals surface area contributed by atoms with Gasteiger partial charge in [-0.1, -0.05) is 96.1 Å². The molecule has 0 saturated heterocycles. The highest BCUT2D eigenvalue weighted by Gasteiger charge is 2.43. The highest BCUT2D eigenvalue weighted by molar-refractivity contribution is 6.02. The number of benzene rings is 6. The summed E-state index contributed by atoms with van der Waals surface area (Å²) in [6.45, 7) is 4.04. The van der Waals surface area contributed by atoms with Gasteiger partial charge in [0.1, 0.15) is 23.0 Å². The Labute approximate surface area is 385 Å². The Morgan fingerprint density at radius 1 is 0.530 bits per heavy atom. The van der Waals surface area contributed by atoms with Crippen molar-refractivity contribution in [3.63, 3.8) is 0 Å². The van der Waals surface area contributed by atoms with Gasteiger partial charge in [0.25, 0.3) is 0 Å². The molecule has 0 spiro atoms. The van der Waals surface area contributed by atoms with E-state index in [-0.39, 0.29) is 19.0 Å². The number of ether oxygens (including phenoxy) is 4. The van der Waals surface area contributed by atoms with Crippen molar-refractivity contribution in [2.75, 3.05) is 52.3 Å². The van der Waals surface area contributed by atoms with Gasteiger partial charge in [-0.05, 0) is 60.1 Å². The molecular formula is C55H58N4O7. The molecule has 2 heterocycles. The minimum absolute atomic E-state index is 0.0269. The summed E-state index contributed by atoms with van der Waals surface area (Å²) in [6, 6.07) is 38.6. The number of hydrogen-bond acceptors (Lipinski definition) is 9. The van der Waals surface area contributed by atoms with Crippen LogP contribution in [0, 0.1) is 13.8 Å². The number of aromatic amines is 2. The van der Waals surface area contributed by atoms with Crippen molar-refractivity contribution >= 4 is 39.0 Å². The lowest BCUT2D eigenvalue weighted by atomic mass is 9.73. The number of ketones is 1. The topological polar surface area (TPSA) is 150 Å². The van der Waals surface area contributed by atoms with Crippen molar-refractivity contribution in [1.82, 2.24) is 9.97 Å². The number of aliphatic hydroxyl groups is 2. The summed E-state index contributed by atoms with van der Waals surface area (Å²) in [7, 11) is 6.47. The van der Waals surface area contributed by atoms with Gasteiger partial charge in [-0.3, -0.25) is 4.79 Å². The molecule has 0 radical (unpaired) electrons. The van der Waals surface area contributed by atoms with Crippen molar-refractivity contribution < 1.29 is 34.0 Å². The highest BCUT2D eigenvalue weighted by Crippen LogP contribution is 2.48. The van der Waals surface area contributed by atoms with E-state index in [1.807, 2.05) is 99.0 Å². The number of aromatic nitrogens is 2. The quantitative estimate of drug-likeness (QED) is 0.0440. The van der Waals surface area contributed by atoms with Gasteiger partial charge in [-0.2, -0.15) is 0 Å². The van der Waals surface area contributed by atoms with Gasteiger partial charge >= 0.3 is 0 Å². The third kappa shape index (κ3) is 9.45. The van der Waals surface area contributed by atoms with Gasteiger partial charge in [0.15, 0.2) is 5.78 Å². The van der Waals surface area contributed by atoms with Gasteiger partial charge < -0.3 is 49.8 Å². The van der Waals surface area contributed by atoms with Crippen molar-refractivity contribution in [3.8, 4) is 23.0 Å². The normalized spacial score (nSPS) is 13.2. The Hall–Kier alpha value is -7.21. The second-order valence-corrected chi connectivity index (χ2v) is 16.7. The average Bonchev–Trinajstić information content (AvgIpc) is 3.97. The zero-order valence-corrected chi connectivity index (χ0v) is 38.3. The minimum Gasteiger partial charge on any atom is -0.497 e. The molecule has 8 rings (SSSR count). The molecule has 2 aromatic heterocycles. The molecule has 0 bridgehead atoms. The summed E-state index contributed by atoms with van der Waals surface area (Å²) in [5.74, 6) is 0.595. The Kier molecular flexibility index (Phi) is 14.0. The van der Waals surface area contributed by atoms with E-state index in [9.17, 15) is 10.2 Å². The largest absolute Gasteiger partial charge is 0.497 e. The Morgan fingerprint density at radius 2 is 0.894 bits per heavy atom. The molecule has 0 fully saturated rings. The Morgan fingerprint density at radius 3 is 1.23 bits per heavy atom. The van der Waals surface area contributed by atoms with Crippen LogP contribution in [0.3, 0.4) is 0 Å². The van der Waals surface area contributed by atoms with E-state index in [1.54, 1.807) is 28.4 Å². The number of methoxy groups -OCH3 is 4. The lowest BCUT2D eigenvalue weighted by Crippen LogP contribution is -2.34. The number of fused-ring (bicyclic) bond motifs is 2. The van der Waals surface area contributed by atoms with Crippen LogP contribution in [0.15, 0.2) is 134 Å². The van der Waals surface area contributed by atoms with E-state index in [2.05, 4.69) is 69.1 Å². The molecule has 0 aliphatic carbocycles. The number of Topliss-reactive ketones (excluding diaryl/α,β-unsaturated/α-hetero) is 1. The van der Waals surface area contributed by atoms with Gasteiger partial charge in [0.2, 0.25) is 0 Å². The number of carbonyl (C=O) groups excluding carboxylic acids is 1. The van der Waals surface area contributed by atoms with Crippen LogP contribution in [0.4, 0.5) is 11.4 Å². The fourth-order valence-corrected chi connectivity index (χ4v) is 9.24. The van der Waals surface area contributed by atoms with E-state index >= 15 is 4.79 Å². The van der Waals surface area contributed by atoms with Crippen LogP contribution in [-0.4, -0.2) is 67.6 Å². The molecule has 6 N–H and O–H groups in total. The number of aliphatic hydroxyl groups excluding tert-OH is 2. The van der Waals surface area contributed by atoms with Crippen LogP contribution in [0.1, 0.15) is 68.4 Å². The maximum atomic E-state index is 17.1. The number of nitrogens with one attached hydrogen (secondary N) is 4. The van der Waals surface area contributed by atoms with Crippen molar-refractivity contribution in [2.24, 2.45) is 0 Å². The number of carbonyl (C=O) groups is 1. The third-order valence-electron chi connectivity index (χ3n) is 12.6. The molecule has 8 aromatic rings. The number of hydrogen-bond donors (Lipinski definition) is 6. The smallest absolute Gasteiger partial charge is 0.152 e. The molecule has 4 atom stereocenters. The molecular weight excluding hydrogens is 829 g/mol. The lowest BCUT2D eigenvalue weighted by molar-refractivity contribution is -0.122. The van der Waals surface area contributed by atoms with Gasteiger partial charge in [-0.15, -0.1) is 0 Å². The first-order chi connectivity index (χ1) is 32.2. The SMILES string of the molecule is COc1cc(NC(c2ccc(C)cc2)C(C(=O)C(c2c[nH]c3c(CCO)cccc23)C(Nc2cc(OC)cc(OC)c2)c2ccc(C)cc2)c2c[nH]c3c(CCO)cccc23)cc(OC)c1. The maximum absolute atomic E-state index is 17.1. The molecule has 4 unspecified atom stereocenters. The maximum Gasteiger partial charge on any atom is 0.152 e. The lowest BCUT2D eigenvalue weighted by Gasteiger charge is -2.35. The van der Waals surface area contributed by atoms with E-state index < -0.39 is 23.9 Å². The summed E-state index contributed by atoms with van der Waals surface area (Å²) in [5.41, 5.74) is 10.5. The van der Waals surface area contributed by atoms with Crippen LogP contribution in [0.5, 0.6) is 23.0 Å². The van der Waals surface area contributed by atoms with Gasteiger partial charge in [0, 0.05) is 95.2 Å². The second kappa shape index (κ2) is 20.3. The summed E-state index contributed by atoms with van der Waals surface area (Å²) < 4.78 is 23.0. The molecule has 6 aromatic carbocycles. The zero-order valence-electron chi connectivity index (χ0n) is 38.3. The van der Waals surface area contributed by atoms with E-state index in [4.69, 9.17) is 18.9 Å². The first-order valence-corrected chi connectivity index (χ1v) is 22.2. The molecule has 66 heavy (non-hydrogen) atoms. The fraction of sp³-hybridized carbons (Fsp3) is 0.255. The number of rotatable bonds is 20. The van der Waals surface area contributed by atoms with Crippen LogP contribution < -0.4 is 29.6 Å². The van der Waals surface area contributed by atoms with Crippen LogP contribution in [0.25, 0.3) is 21.8 Å². The fourth-order valence-electron chi connectivity index (χ4n) is 9.24. The number of anilines is 2. The Bertz CT molecular complexity index is 2680. The van der Waals surface area contributed by atoms with Crippen molar-refractivity contribution in [2.45, 2.75) is 50.6 Å². The Balaban J connectivity index is 1.44. The molecule has 0 saturated carbocycles. The first-order valence-electron chi connectivity index (χ1n) is 22.2. The molecule has 11 nitrogen and oxygen atoms in total. The first kappa shape index (κ1) is 45.4. The number of aryl methyl sites for hydroxylation is 2. The standard InChI is InChI=1S/C55H58N4O7/c1-33-13-17-37(18-14-33)53(58-39-25-41(63-3)29-42(26-39)64-4)49(47-31-56-51-35(21-23-60)9-7-11-45(47)51)55(62)50(48-32-57-52-36(22-24-61)10-8-12-46(48)52)54(38-19-15-34(2)16-20-38)59-40-27-43(65-5)30-44(28-40)66-6/h7-20,25-32,49-50,53-54,56-61H,21-24H2,1-6H3. The van der Waals surface area contributed by atoms with Gasteiger partial charge in [-0.25, -0.2) is 0 Å². The van der Waals surface area contributed by atoms with Crippen LogP contribution in [0.2, 0.25) is 0 Å². The predicted molar refractivity (Wildman–Crippen MR) is 263 cm³/mol. The monoisotopic (exact) mass is 886 g/mol. The number of para-hydroxylation sites is 2. The van der Waals surface area contributed by atoms with Crippen LogP contribution in [-0.2, 0) is 17.6 Å². The van der Waals surface area contributed by atoms with Crippen molar-refractivity contribution in [1.29, 1.82) is 0 Å². The van der Waals surface area contributed by atoms with Crippen LogP contribution >= 0.6 is 0 Å². The third-order valence-corrected chi connectivity index (χ3v) is 12.6. The zero-order chi connectivity index (χ0) is 46.3. The van der Waals surface area contributed by atoms with E-state index in [0.717, 1.165) is 66.3 Å². The second-order valence-electron chi connectivity index (χ2n) is 16.7. The summed E-state index contributed by atoms with van der Waals surface area (Å²) in [6.07, 6.45) is 4.79. The molecule has 0 aliphatic heterocycles. The minimum atomic E-state index is -0.854. The number of H-pyrrole nitrogens is 2. The summed E-state index contributed by atoms with van der Waals surface area (Å²) in [5, 5.41) is 29.7. The van der Waals surface area contributed by atoms with E-state index in [1.165, 1.54) is 0 Å². The highest BCUT2D eigenvalue weighted by atomic mass is 16.5. The molecule has 0 amide bonds. The molecule has 11 heteroatoms.